The quantitative estimate of drug-likeness (QED) is 0.616. The minimum absolute atomic E-state index is 0.114. The summed E-state index contributed by atoms with van der Waals surface area (Å²) < 4.78 is 11.7. The Hall–Kier alpha value is -1.54. The summed E-state index contributed by atoms with van der Waals surface area (Å²) in [4.78, 5) is 0. The van der Waals surface area contributed by atoms with Crippen LogP contribution in [-0.4, -0.2) is 11.7 Å². The summed E-state index contributed by atoms with van der Waals surface area (Å²) in [6.45, 7) is 2.15. The third-order valence-electron chi connectivity index (χ3n) is 3.77. The van der Waals surface area contributed by atoms with Gasteiger partial charge in [-0.25, -0.2) is 0 Å². The molecule has 2 heteroatoms. The molecular formula is C14H12O2. The van der Waals surface area contributed by atoms with Crippen LogP contribution in [0.5, 0.6) is 5.75 Å². The second-order valence-corrected chi connectivity index (χ2v) is 4.79. The Kier molecular flexibility index (Phi) is 1.39. The van der Waals surface area contributed by atoms with Gasteiger partial charge < -0.3 is 9.47 Å². The van der Waals surface area contributed by atoms with Crippen molar-refractivity contribution in [3.63, 3.8) is 0 Å². The Balaban J connectivity index is 1.96. The lowest BCUT2D eigenvalue weighted by molar-refractivity contribution is 0.0416. The normalized spacial score (nSPS) is 37.7. The van der Waals surface area contributed by atoms with Gasteiger partial charge in [-0.1, -0.05) is 30.4 Å². The van der Waals surface area contributed by atoms with Crippen LogP contribution in [0.2, 0.25) is 0 Å². The van der Waals surface area contributed by atoms with Crippen LogP contribution in [0, 0.1) is 0 Å². The smallest absolute Gasteiger partial charge is 0.130 e. The van der Waals surface area contributed by atoms with Crippen LogP contribution < -0.4 is 4.74 Å². The van der Waals surface area contributed by atoms with Gasteiger partial charge >= 0.3 is 0 Å². The van der Waals surface area contributed by atoms with Crippen LogP contribution in [0.1, 0.15) is 18.4 Å². The number of hydrogen-bond acceptors (Lipinski definition) is 2. The van der Waals surface area contributed by atoms with Crippen molar-refractivity contribution in [2.24, 2.45) is 0 Å². The largest absolute Gasteiger partial charge is 0.465 e. The van der Waals surface area contributed by atoms with Gasteiger partial charge in [0, 0.05) is 17.1 Å². The maximum Gasteiger partial charge on any atom is 0.130 e. The lowest BCUT2D eigenvalue weighted by atomic mass is 9.75. The first kappa shape index (κ1) is 8.59. The van der Waals surface area contributed by atoms with Gasteiger partial charge in [-0.3, -0.25) is 0 Å². The van der Waals surface area contributed by atoms with Crippen LogP contribution in [-0.2, 0) is 4.74 Å². The molecule has 2 nitrogen and oxygen atoms in total. The second kappa shape index (κ2) is 2.58. The molecule has 1 aromatic carbocycles. The van der Waals surface area contributed by atoms with Crippen molar-refractivity contribution >= 4 is 0 Å². The van der Waals surface area contributed by atoms with E-state index in [0.717, 1.165) is 5.75 Å². The monoisotopic (exact) mass is 212 g/mol. The second-order valence-electron chi connectivity index (χ2n) is 4.79. The van der Waals surface area contributed by atoms with Gasteiger partial charge in [0.15, 0.2) is 0 Å². The maximum absolute atomic E-state index is 6.00. The van der Waals surface area contributed by atoms with Crippen LogP contribution in [0.3, 0.4) is 0 Å². The highest BCUT2D eigenvalue weighted by atomic mass is 16.5. The Morgan fingerprint density at radius 2 is 2.12 bits per heavy atom. The van der Waals surface area contributed by atoms with Crippen molar-refractivity contribution in [2.75, 3.05) is 0 Å². The van der Waals surface area contributed by atoms with E-state index < -0.39 is 0 Å². The molecule has 80 valence electrons. The van der Waals surface area contributed by atoms with E-state index in [1.54, 1.807) is 0 Å². The lowest BCUT2D eigenvalue weighted by Gasteiger charge is -2.31. The summed E-state index contributed by atoms with van der Waals surface area (Å²) in [5.41, 5.74) is 2.31. The number of rotatable bonds is 0. The standard InChI is InChI=1S/C14H12O2/c1-14-7-6-12(16-14)10-8-15-11-5-3-2-4-9(11)13(10)14/h2-8,12-13H,1H3/t12-,13+,14+/m1/s1. The molecule has 1 aromatic rings. The highest BCUT2D eigenvalue weighted by molar-refractivity contribution is 5.53. The lowest BCUT2D eigenvalue weighted by Crippen LogP contribution is -2.28. The molecule has 0 spiro atoms. The van der Waals surface area contributed by atoms with Gasteiger partial charge in [-0.2, -0.15) is 0 Å². The summed E-state index contributed by atoms with van der Waals surface area (Å²) >= 11 is 0. The van der Waals surface area contributed by atoms with Crippen LogP contribution in [0.15, 0.2) is 48.3 Å². The van der Waals surface area contributed by atoms with Crippen molar-refractivity contribution in [3.8, 4) is 5.75 Å². The zero-order valence-electron chi connectivity index (χ0n) is 9.01. The summed E-state index contributed by atoms with van der Waals surface area (Å²) in [7, 11) is 0. The van der Waals surface area contributed by atoms with Crippen molar-refractivity contribution in [1.29, 1.82) is 0 Å². The first-order valence-electron chi connectivity index (χ1n) is 5.61. The molecule has 2 bridgehead atoms. The number of benzene rings is 1. The predicted octanol–water partition coefficient (Wildman–Crippen LogP) is 2.77. The molecule has 0 radical (unpaired) electrons. The zero-order valence-corrected chi connectivity index (χ0v) is 9.01. The van der Waals surface area contributed by atoms with Gasteiger partial charge in [0.25, 0.3) is 0 Å². The third kappa shape index (κ3) is 0.866. The van der Waals surface area contributed by atoms with E-state index >= 15 is 0 Å². The SMILES string of the molecule is C[C@@]12C=C[C@@H](O1)C1=COc3ccccc3[C@@H]12. The Morgan fingerprint density at radius 1 is 1.25 bits per heavy atom. The molecule has 0 unspecified atom stereocenters. The summed E-state index contributed by atoms with van der Waals surface area (Å²) in [5.74, 6) is 1.29. The fourth-order valence-corrected chi connectivity index (χ4v) is 3.05. The summed E-state index contributed by atoms with van der Waals surface area (Å²) in [5, 5.41) is 0. The summed E-state index contributed by atoms with van der Waals surface area (Å²) in [6, 6.07) is 8.21. The predicted molar refractivity (Wildman–Crippen MR) is 60.3 cm³/mol. The van der Waals surface area contributed by atoms with Gasteiger partial charge in [0.2, 0.25) is 0 Å². The fourth-order valence-electron chi connectivity index (χ4n) is 3.05. The van der Waals surface area contributed by atoms with E-state index in [4.69, 9.17) is 9.47 Å². The van der Waals surface area contributed by atoms with Crippen molar-refractivity contribution in [2.45, 2.75) is 24.5 Å². The van der Waals surface area contributed by atoms with Crippen molar-refractivity contribution in [1.82, 2.24) is 0 Å². The molecule has 3 atom stereocenters. The molecule has 0 aromatic heterocycles. The number of fused-ring (bicyclic) bond motifs is 7. The Labute approximate surface area is 94.2 Å². The Bertz CT molecular complexity index is 529. The van der Waals surface area contributed by atoms with Crippen molar-refractivity contribution < 1.29 is 9.47 Å². The fraction of sp³-hybridized carbons (Fsp3) is 0.286. The molecule has 1 fully saturated rings. The number of ether oxygens (including phenoxy) is 2. The zero-order chi connectivity index (χ0) is 10.8. The number of para-hydroxylation sites is 1. The van der Waals surface area contributed by atoms with Crippen LogP contribution in [0.25, 0.3) is 0 Å². The van der Waals surface area contributed by atoms with E-state index in [2.05, 4.69) is 31.2 Å². The van der Waals surface area contributed by atoms with Crippen LogP contribution in [0.4, 0.5) is 0 Å². The van der Waals surface area contributed by atoms with Crippen LogP contribution >= 0.6 is 0 Å². The number of hydrogen-bond donors (Lipinski definition) is 0. The van der Waals surface area contributed by atoms with Gasteiger partial charge in [0.05, 0.1) is 11.9 Å². The molecule has 4 rings (SSSR count). The molecular weight excluding hydrogens is 200 g/mol. The average molecular weight is 212 g/mol. The van der Waals surface area contributed by atoms with E-state index in [1.807, 2.05) is 18.4 Å². The molecule has 0 saturated carbocycles. The molecule has 0 amide bonds. The van der Waals surface area contributed by atoms with E-state index in [0.29, 0.717) is 5.92 Å². The highest BCUT2D eigenvalue weighted by Crippen LogP contribution is 2.55. The van der Waals surface area contributed by atoms with Crippen molar-refractivity contribution in [3.05, 3.63) is 53.8 Å². The minimum Gasteiger partial charge on any atom is -0.465 e. The molecule has 3 aliphatic heterocycles. The Morgan fingerprint density at radius 3 is 3.06 bits per heavy atom. The molecule has 3 heterocycles. The maximum atomic E-state index is 6.00. The molecule has 1 saturated heterocycles. The van der Waals surface area contributed by atoms with E-state index in [1.165, 1.54) is 11.1 Å². The van der Waals surface area contributed by atoms with E-state index in [-0.39, 0.29) is 11.7 Å². The average Bonchev–Trinajstić information content (AvgIpc) is 2.83. The van der Waals surface area contributed by atoms with Gasteiger partial charge in [-0.05, 0) is 13.0 Å². The minimum atomic E-state index is -0.184. The first-order chi connectivity index (χ1) is 7.78. The first-order valence-corrected chi connectivity index (χ1v) is 5.61. The van der Waals surface area contributed by atoms with Gasteiger partial charge in [-0.15, -0.1) is 0 Å². The third-order valence-corrected chi connectivity index (χ3v) is 3.77. The molecule has 3 aliphatic rings. The highest BCUT2D eigenvalue weighted by Gasteiger charge is 2.53. The van der Waals surface area contributed by atoms with Gasteiger partial charge in [0.1, 0.15) is 11.9 Å². The molecule has 16 heavy (non-hydrogen) atoms. The topological polar surface area (TPSA) is 18.5 Å². The van der Waals surface area contributed by atoms with E-state index in [9.17, 15) is 0 Å². The molecule has 0 aliphatic carbocycles. The molecule has 0 N–H and O–H groups in total. The summed E-state index contributed by atoms with van der Waals surface area (Å²) in [6.07, 6.45) is 6.29.